The zero-order chi connectivity index (χ0) is 16.4. The van der Waals surface area contributed by atoms with Crippen LogP contribution in [0.2, 0.25) is 5.02 Å². The molecular weight excluding hydrogens is 332 g/mol. The molecule has 0 unspecified atom stereocenters. The van der Waals surface area contributed by atoms with Crippen molar-refractivity contribution in [2.45, 2.75) is 20.3 Å². The lowest BCUT2D eigenvalue weighted by molar-refractivity contribution is 0.102. The molecule has 0 radical (unpaired) electrons. The molecule has 0 aliphatic carbocycles. The van der Waals surface area contributed by atoms with Crippen molar-refractivity contribution < 1.29 is 4.79 Å². The summed E-state index contributed by atoms with van der Waals surface area (Å²) in [6, 6.07) is 7.39. The molecule has 1 aromatic carbocycles. The number of amides is 1. The van der Waals surface area contributed by atoms with Crippen LogP contribution in [0.25, 0.3) is 5.69 Å². The quantitative estimate of drug-likeness (QED) is 0.773. The van der Waals surface area contributed by atoms with E-state index in [1.54, 1.807) is 23.1 Å². The van der Waals surface area contributed by atoms with Gasteiger partial charge in [0.2, 0.25) is 0 Å². The lowest BCUT2D eigenvalue weighted by Crippen LogP contribution is -2.14. The third-order valence-electron chi connectivity index (χ3n) is 3.34. The van der Waals surface area contributed by atoms with Crippen LogP contribution in [0, 0.1) is 6.92 Å². The maximum atomic E-state index is 12.5. The van der Waals surface area contributed by atoms with Crippen LogP contribution < -0.4 is 5.32 Å². The van der Waals surface area contributed by atoms with E-state index in [2.05, 4.69) is 15.4 Å². The summed E-state index contributed by atoms with van der Waals surface area (Å²) in [4.78, 5) is 17.7. The molecule has 0 spiro atoms. The number of thiazole rings is 1. The van der Waals surface area contributed by atoms with Crippen LogP contribution in [-0.2, 0) is 6.42 Å². The van der Waals surface area contributed by atoms with Crippen molar-refractivity contribution in [2.75, 3.05) is 5.32 Å². The summed E-state index contributed by atoms with van der Waals surface area (Å²) in [6.45, 7) is 3.93. The van der Waals surface area contributed by atoms with Gasteiger partial charge in [0.05, 0.1) is 23.1 Å². The average Bonchev–Trinajstić information content (AvgIpc) is 3.13. The molecule has 0 atom stereocenters. The average molecular weight is 347 g/mol. The standard InChI is InChI=1S/C16H15ClN4OS/c1-3-14-13(15(22)20-16-18-8-10(2)23-16)9-19-21(14)12-6-4-5-11(17)7-12/h4-9H,3H2,1-2H3,(H,18,20,22). The summed E-state index contributed by atoms with van der Waals surface area (Å²) in [5.41, 5.74) is 2.21. The molecule has 1 amide bonds. The molecule has 5 nitrogen and oxygen atoms in total. The highest BCUT2D eigenvalue weighted by molar-refractivity contribution is 7.15. The molecule has 1 N–H and O–H groups in total. The van der Waals surface area contributed by atoms with E-state index in [0.717, 1.165) is 16.3 Å². The predicted molar refractivity (Wildman–Crippen MR) is 92.8 cm³/mol. The van der Waals surface area contributed by atoms with Gasteiger partial charge in [-0.15, -0.1) is 11.3 Å². The highest BCUT2D eigenvalue weighted by atomic mass is 35.5. The van der Waals surface area contributed by atoms with Crippen LogP contribution in [0.3, 0.4) is 0 Å². The molecule has 0 saturated carbocycles. The number of anilines is 1. The Balaban J connectivity index is 1.93. The first-order chi connectivity index (χ1) is 11.1. The van der Waals surface area contributed by atoms with Gasteiger partial charge in [-0.2, -0.15) is 5.10 Å². The van der Waals surface area contributed by atoms with Gasteiger partial charge < -0.3 is 0 Å². The number of hydrogen-bond donors (Lipinski definition) is 1. The van der Waals surface area contributed by atoms with Crippen LogP contribution in [0.5, 0.6) is 0 Å². The summed E-state index contributed by atoms with van der Waals surface area (Å²) in [5.74, 6) is -0.204. The number of aryl methyl sites for hydroxylation is 1. The van der Waals surface area contributed by atoms with E-state index in [1.807, 2.05) is 32.0 Å². The number of nitrogens with zero attached hydrogens (tertiary/aromatic N) is 3. The summed E-state index contributed by atoms with van der Waals surface area (Å²) in [6.07, 6.45) is 3.98. The zero-order valence-electron chi connectivity index (χ0n) is 12.7. The van der Waals surface area contributed by atoms with E-state index in [-0.39, 0.29) is 5.91 Å². The Kier molecular flexibility index (Phi) is 4.45. The van der Waals surface area contributed by atoms with Gasteiger partial charge in [-0.1, -0.05) is 24.6 Å². The lowest BCUT2D eigenvalue weighted by Gasteiger charge is -2.08. The minimum absolute atomic E-state index is 0.204. The number of carbonyl (C=O) groups excluding carboxylic acids is 1. The van der Waals surface area contributed by atoms with Crippen LogP contribution in [-0.4, -0.2) is 20.7 Å². The minimum Gasteiger partial charge on any atom is -0.298 e. The molecule has 3 aromatic rings. The van der Waals surface area contributed by atoms with Crippen molar-refractivity contribution in [3.63, 3.8) is 0 Å². The maximum Gasteiger partial charge on any atom is 0.260 e. The first-order valence-electron chi connectivity index (χ1n) is 7.15. The maximum absolute atomic E-state index is 12.5. The molecule has 0 aliphatic rings. The van der Waals surface area contributed by atoms with Gasteiger partial charge in [0.1, 0.15) is 0 Å². The van der Waals surface area contributed by atoms with Gasteiger partial charge in [0.15, 0.2) is 5.13 Å². The van der Waals surface area contributed by atoms with E-state index in [1.165, 1.54) is 11.3 Å². The third-order valence-corrected chi connectivity index (χ3v) is 4.41. The first-order valence-corrected chi connectivity index (χ1v) is 8.34. The SMILES string of the molecule is CCc1c(C(=O)Nc2ncc(C)s2)cnn1-c1cccc(Cl)c1. The second-order valence-electron chi connectivity index (χ2n) is 4.98. The number of aromatic nitrogens is 3. The number of carbonyl (C=O) groups is 1. The second-order valence-corrected chi connectivity index (χ2v) is 6.65. The van der Waals surface area contributed by atoms with Gasteiger partial charge in [-0.3, -0.25) is 10.1 Å². The van der Waals surface area contributed by atoms with Crippen LogP contribution in [0.15, 0.2) is 36.7 Å². The number of benzene rings is 1. The summed E-state index contributed by atoms with van der Waals surface area (Å²) in [7, 11) is 0. The molecule has 23 heavy (non-hydrogen) atoms. The van der Waals surface area contributed by atoms with Crippen LogP contribution >= 0.6 is 22.9 Å². The number of nitrogens with one attached hydrogen (secondary N) is 1. The molecule has 7 heteroatoms. The fourth-order valence-electron chi connectivity index (χ4n) is 2.31. The van der Waals surface area contributed by atoms with Crippen molar-refractivity contribution in [1.82, 2.24) is 14.8 Å². The fourth-order valence-corrected chi connectivity index (χ4v) is 3.16. The summed E-state index contributed by atoms with van der Waals surface area (Å²) < 4.78 is 1.74. The van der Waals surface area contributed by atoms with Crippen molar-refractivity contribution in [2.24, 2.45) is 0 Å². The minimum atomic E-state index is -0.204. The molecule has 0 bridgehead atoms. The zero-order valence-corrected chi connectivity index (χ0v) is 14.3. The Morgan fingerprint density at radius 1 is 1.39 bits per heavy atom. The Morgan fingerprint density at radius 2 is 2.22 bits per heavy atom. The predicted octanol–water partition coefficient (Wildman–Crippen LogP) is 4.11. The van der Waals surface area contributed by atoms with Gasteiger partial charge in [-0.25, -0.2) is 9.67 Å². The highest BCUT2D eigenvalue weighted by Crippen LogP contribution is 2.21. The molecule has 0 aliphatic heterocycles. The van der Waals surface area contributed by atoms with E-state index in [4.69, 9.17) is 11.6 Å². The largest absolute Gasteiger partial charge is 0.298 e. The molecule has 0 fully saturated rings. The number of rotatable bonds is 4. The Bertz CT molecular complexity index is 855. The molecule has 3 rings (SSSR count). The Morgan fingerprint density at radius 3 is 2.87 bits per heavy atom. The van der Waals surface area contributed by atoms with Gasteiger partial charge in [0.25, 0.3) is 5.91 Å². The fraction of sp³-hybridized carbons (Fsp3) is 0.188. The van der Waals surface area contributed by atoms with Gasteiger partial charge in [0, 0.05) is 16.1 Å². The van der Waals surface area contributed by atoms with Crippen LogP contribution in [0.1, 0.15) is 27.9 Å². The first kappa shape index (κ1) is 15.7. The van der Waals surface area contributed by atoms with Crippen molar-refractivity contribution in [3.05, 3.63) is 57.8 Å². The van der Waals surface area contributed by atoms with Crippen molar-refractivity contribution >= 4 is 34.0 Å². The molecule has 118 valence electrons. The lowest BCUT2D eigenvalue weighted by atomic mass is 10.2. The summed E-state index contributed by atoms with van der Waals surface area (Å²) in [5, 5.41) is 8.38. The van der Waals surface area contributed by atoms with E-state index in [0.29, 0.717) is 22.1 Å². The molecule has 0 saturated heterocycles. The van der Waals surface area contributed by atoms with E-state index < -0.39 is 0 Å². The number of hydrogen-bond acceptors (Lipinski definition) is 4. The topological polar surface area (TPSA) is 59.8 Å². The van der Waals surface area contributed by atoms with Gasteiger partial charge in [-0.05, 0) is 31.5 Å². The number of halogens is 1. The normalized spacial score (nSPS) is 10.7. The monoisotopic (exact) mass is 346 g/mol. The molecular formula is C16H15ClN4OS. The van der Waals surface area contributed by atoms with Gasteiger partial charge >= 0.3 is 0 Å². The van der Waals surface area contributed by atoms with E-state index >= 15 is 0 Å². The molecule has 2 aromatic heterocycles. The Hall–Kier alpha value is -2.18. The second kappa shape index (κ2) is 6.52. The van der Waals surface area contributed by atoms with Crippen molar-refractivity contribution in [3.8, 4) is 5.69 Å². The highest BCUT2D eigenvalue weighted by Gasteiger charge is 2.18. The summed E-state index contributed by atoms with van der Waals surface area (Å²) >= 11 is 7.48. The van der Waals surface area contributed by atoms with Crippen molar-refractivity contribution in [1.29, 1.82) is 0 Å². The smallest absolute Gasteiger partial charge is 0.260 e. The third kappa shape index (κ3) is 3.28. The van der Waals surface area contributed by atoms with E-state index in [9.17, 15) is 4.79 Å². The van der Waals surface area contributed by atoms with Crippen LogP contribution in [0.4, 0.5) is 5.13 Å². The Labute approximate surface area is 142 Å². The molecule has 2 heterocycles.